The van der Waals surface area contributed by atoms with Crippen molar-refractivity contribution in [2.75, 3.05) is 26.2 Å². The Morgan fingerprint density at radius 1 is 1.04 bits per heavy atom. The molecule has 3 aromatic rings. The zero-order valence-corrected chi connectivity index (χ0v) is 15.0. The van der Waals surface area contributed by atoms with Crippen LogP contribution in [0.4, 0.5) is 0 Å². The molecule has 4 rings (SSSR count). The van der Waals surface area contributed by atoms with Gasteiger partial charge in [0.1, 0.15) is 6.54 Å². The Bertz CT molecular complexity index is 1020. The molecular weight excluding hydrogens is 364 g/mol. The van der Waals surface area contributed by atoms with E-state index in [0.717, 1.165) is 4.68 Å². The fourth-order valence-corrected chi connectivity index (χ4v) is 3.02. The SMILES string of the molecule is O=C(Cn1nc(-n2cccn2)ccc1=O)N1CCN(C(=O)c2ccco2)CC1. The van der Waals surface area contributed by atoms with Gasteiger partial charge in [0.05, 0.1) is 6.26 Å². The Kier molecular flexibility index (Phi) is 4.75. The predicted octanol–water partition coefficient (Wildman–Crippen LogP) is 0.00660. The lowest BCUT2D eigenvalue weighted by atomic mass is 10.2. The molecule has 0 N–H and O–H groups in total. The largest absolute Gasteiger partial charge is 0.459 e. The first-order chi connectivity index (χ1) is 13.6. The highest BCUT2D eigenvalue weighted by Gasteiger charge is 2.26. The number of rotatable bonds is 4. The third-order valence-corrected chi connectivity index (χ3v) is 4.53. The van der Waals surface area contributed by atoms with Gasteiger partial charge in [-0.2, -0.15) is 5.10 Å². The van der Waals surface area contributed by atoms with E-state index in [9.17, 15) is 14.4 Å². The summed E-state index contributed by atoms with van der Waals surface area (Å²) in [6.07, 6.45) is 4.76. The highest BCUT2D eigenvalue weighted by Crippen LogP contribution is 2.10. The molecule has 0 unspecified atom stereocenters. The number of hydrogen-bond acceptors (Lipinski definition) is 6. The van der Waals surface area contributed by atoms with Gasteiger partial charge >= 0.3 is 0 Å². The topological polar surface area (TPSA) is 106 Å². The average molecular weight is 382 g/mol. The zero-order chi connectivity index (χ0) is 19.5. The summed E-state index contributed by atoms with van der Waals surface area (Å²) in [7, 11) is 0. The number of carbonyl (C=O) groups excluding carboxylic acids is 2. The molecular formula is C18H18N6O4. The molecule has 10 heteroatoms. The van der Waals surface area contributed by atoms with E-state index in [-0.39, 0.29) is 29.7 Å². The van der Waals surface area contributed by atoms with Crippen LogP contribution in [0.3, 0.4) is 0 Å². The summed E-state index contributed by atoms with van der Waals surface area (Å²) in [4.78, 5) is 40.2. The van der Waals surface area contributed by atoms with E-state index in [0.29, 0.717) is 32.0 Å². The van der Waals surface area contributed by atoms with Crippen molar-refractivity contribution >= 4 is 11.8 Å². The van der Waals surface area contributed by atoms with Gasteiger partial charge in [-0.3, -0.25) is 14.4 Å². The van der Waals surface area contributed by atoms with Gasteiger partial charge in [-0.05, 0) is 24.3 Å². The molecule has 0 radical (unpaired) electrons. The van der Waals surface area contributed by atoms with Crippen LogP contribution in [-0.2, 0) is 11.3 Å². The van der Waals surface area contributed by atoms with E-state index in [1.54, 1.807) is 46.5 Å². The summed E-state index contributed by atoms with van der Waals surface area (Å²) in [6, 6.07) is 7.93. The number of amides is 2. The Labute approximate surface area is 159 Å². The van der Waals surface area contributed by atoms with Crippen LogP contribution in [0, 0.1) is 0 Å². The van der Waals surface area contributed by atoms with Gasteiger partial charge in [-0.15, -0.1) is 5.10 Å². The van der Waals surface area contributed by atoms with Crippen molar-refractivity contribution in [2.45, 2.75) is 6.54 Å². The first-order valence-electron chi connectivity index (χ1n) is 8.80. The van der Waals surface area contributed by atoms with Gasteiger partial charge in [0.2, 0.25) is 5.91 Å². The molecule has 0 aliphatic carbocycles. The van der Waals surface area contributed by atoms with Gasteiger partial charge < -0.3 is 14.2 Å². The van der Waals surface area contributed by atoms with Crippen molar-refractivity contribution in [2.24, 2.45) is 0 Å². The maximum atomic E-state index is 12.6. The minimum absolute atomic E-state index is 0.167. The van der Waals surface area contributed by atoms with Crippen molar-refractivity contribution in [1.29, 1.82) is 0 Å². The quantitative estimate of drug-likeness (QED) is 0.629. The lowest BCUT2D eigenvalue weighted by Crippen LogP contribution is -2.51. The predicted molar refractivity (Wildman–Crippen MR) is 96.8 cm³/mol. The van der Waals surface area contributed by atoms with Crippen LogP contribution in [0.1, 0.15) is 10.6 Å². The molecule has 4 heterocycles. The summed E-state index contributed by atoms with van der Waals surface area (Å²) in [5.74, 6) is 0.316. The zero-order valence-electron chi connectivity index (χ0n) is 15.0. The normalized spacial score (nSPS) is 14.3. The number of carbonyl (C=O) groups is 2. The highest BCUT2D eigenvalue weighted by molar-refractivity contribution is 5.91. The standard InChI is InChI=1S/C18H18N6O4/c25-16-5-4-15(23-7-2-6-19-23)20-24(16)13-17(26)21-8-10-22(11-9-21)18(27)14-3-1-12-28-14/h1-7,12H,8-11,13H2. The third-order valence-electron chi connectivity index (χ3n) is 4.53. The minimum Gasteiger partial charge on any atom is -0.459 e. The second kappa shape index (κ2) is 7.51. The number of hydrogen-bond donors (Lipinski definition) is 0. The van der Waals surface area contributed by atoms with Crippen LogP contribution in [0.25, 0.3) is 5.82 Å². The molecule has 1 aliphatic rings. The van der Waals surface area contributed by atoms with Crippen LogP contribution in [0.15, 0.2) is 58.2 Å². The van der Waals surface area contributed by atoms with Gasteiger partial charge in [0, 0.05) is 44.6 Å². The third kappa shape index (κ3) is 3.56. The molecule has 28 heavy (non-hydrogen) atoms. The van der Waals surface area contributed by atoms with Gasteiger partial charge in [-0.1, -0.05) is 0 Å². The monoisotopic (exact) mass is 382 g/mol. The van der Waals surface area contributed by atoms with Crippen molar-refractivity contribution in [3.05, 3.63) is 65.1 Å². The highest BCUT2D eigenvalue weighted by atomic mass is 16.3. The molecule has 0 spiro atoms. The first kappa shape index (κ1) is 17.7. The van der Waals surface area contributed by atoms with Crippen molar-refractivity contribution in [3.63, 3.8) is 0 Å². The fraction of sp³-hybridized carbons (Fsp3) is 0.278. The number of aromatic nitrogens is 4. The van der Waals surface area contributed by atoms with Gasteiger partial charge in [0.25, 0.3) is 11.5 Å². The average Bonchev–Trinajstić information content (AvgIpc) is 3.43. The fourth-order valence-electron chi connectivity index (χ4n) is 3.02. The molecule has 0 saturated carbocycles. The molecule has 2 amide bonds. The van der Waals surface area contributed by atoms with E-state index < -0.39 is 0 Å². The lowest BCUT2D eigenvalue weighted by Gasteiger charge is -2.34. The molecule has 1 aliphatic heterocycles. The number of nitrogens with zero attached hydrogens (tertiary/aromatic N) is 6. The second-order valence-electron chi connectivity index (χ2n) is 6.29. The second-order valence-corrected chi connectivity index (χ2v) is 6.29. The molecule has 0 aromatic carbocycles. The Morgan fingerprint density at radius 2 is 1.82 bits per heavy atom. The summed E-state index contributed by atoms with van der Waals surface area (Å²) < 4.78 is 7.77. The molecule has 1 fully saturated rings. The Balaban J connectivity index is 1.39. The number of piperazine rings is 1. The summed E-state index contributed by atoms with van der Waals surface area (Å²) in [5.41, 5.74) is -0.365. The molecule has 10 nitrogen and oxygen atoms in total. The van der Waals surface area contributed by atoms with E-state index >= 15 is 0 Å². The van der Waals surface area contributed by atoms with Crippen LogP contribution in [0.2, 0.25) is 0 Å². The van der Waals surface area contributed by atoms with Crippen LogP contribution < -0.4 is 5.56 Å². The Hall–Kier alpha value is -3.69. The van der Waals surface area contributed by atoms with Crippen LogP contribution >= 0.6 is 0 Å². The van der Waals surface area contributed by atoms with Crippen LogP contribution in [0.5, 0.6) is 0 Å². The van der Waals surface area contributed by atoms with Crippen molar-refractivity contribution < 1.29 is 14.0 Å². The molecule has 144 valence electrons. The van der Waals surface area contributed by atoms with E-state index in [4.69, 9.17) is 4.42 Å². The smallest absolute Gasteiger partial charge is 0.289 e. The summed E-state index contributed by atoms with van der Waals surface area (Å²) in [5, 5.41) is 8.28. The van der Waals surface area contributed by atoms with Crippen molar-refractivity contribution in [1.82, 2.24) is 29.4 Å². The van der Waals surface area contributed by atoms with Crippen molar-refractivity contribution in [3.8, 4) is 5.82 Å². The van der Waals surface area contributed by atoms with E-state index in [2.05, 4.69) is 10.2 Å². The van der Waals surface area contributed by atoms with Gasteiger partial charge in [-0.25, -0.2) is 9.36 Å². The molecule has 1 saturated heterocycles. The van der Waals surface area contributed by atoms with Gasteiger partial charge in [0.15, 0.2) is 11.6 Å². The van der Waals surface area contributed by atoms with Crippen LogP contribution in [-0.4, -0.2) is 67.4 Å². The first-order valence-corrected chi connectivity index (χ1v) is 8.80. The van der Waals surface area contributed by atoms with E-state index in [1.165, 1.54) is 17.0 Å². The number of furan rings is 1. The van der Waals surface area contributed by atoms with E-state index in [1.807, 2.05) is 0 Å². The summed E-state index contributed by atoms with van der Waals surface area (Å²) >= 11 is 0. The molecule has 3 aromatic heterocycles. The lowest BCUT2D eigenvalue weighted by molar-refractivity contribution is -0.133. The summed E-state index contributed by atoms with van der Waals surface area (Å²) in [6.45, 7) is 1.42. The molecule has 0 atom stereocenters. The maximum Gasteiger partial charge on any atom is 0.289 e. The molecule has 0 bridgehead atoms. The minimum atomic E-state index is -0.365. The maximum absolute atomic E-state index is 12.6. The Morgan fingerprint density at radius 3 is 2.50 bits per heavy atom.